The number of nitrogens with one attached hydrogen (secondary N) is 4. The smallest absolute Gasteiger partial charge is 0.407 e. The summed E-state index contributed by atoms with van der Waals surface area (Å²) in [5.74, 6) is -4.36. The molecule has 3 rings (SSSR count). The molecule has 0 radical (unpaired) electrons. The lowest BCUT2D eigenvalue weighted by Gasteiger charge is -2.29. The third-order valence-electron chi connectivity index (χ3n) is 7.98. The zero-order valence-electron chi connectivity index (χ0n) is 29.6. The van der Waals surface area contributed by atoms with Gasteiger partial charge in [-0.1, -0.05) is 56.3 Å². The van der Waals surface area contributed by atoms with E-state index < -0.39 is 77.8 Å². The first-order valence-electron chi connectivity index (χ1n) is 17.2. The van der Waals surface area contributed by atoms with Crippen LogP contribution in [0.25, 0.3) is 0 Å². The molecule has 14 nitrogen and oxygen atoms in total. The third kappa shape index (κ3) is 12.6. The number of ether oxygens (including phenoxy) is 2. The van der Waals surface area contributed by atoms with Crippen molar-refractivity contribution in [1.82, 2.24) is 26.2 Å². The summed E-state index contributed by atoms with van der Waals surface area (Å²) >= 11 is 0. The minimum absolute atomic E-state index is 0.112. The fourth-order valence-electron chi connectivity index (χ4n) is 5.56. The van der Waals surface area contributed by atoms with E-state index in [9.17, 15) is 33.6 Å². The number of hydrogen-bond acceptors (Lipinski definition) is 9. The Morgan fingerprint density at radius 3 is 2.34 bits per heavy atom. The maximum absolute atomic E-state index is 13.6. The van der Waals surface area contributed by atoms with Crippen molar-refractivity contribution in [3.8, 4) is 0 Å². The number of rotatable bonds is 10. The van der Waals surface area contributed by atoms with Crippen LogP contribution in [0.15, 0.2) is 42.5 Å². The molecule has 1 fully saturated rings. The Morgan fingerprint density at radius 1 is 0.960 bits per heavy atom. The summed E-state index contributed by atoms with van der Waals surface area (Å²) in [4.78, 5) is 93.2. The van der Waals surface area contributed by atoms with E-state index in [0.717, 1.165) is 0 Å². The Labute approximate surface area is 293 Å². The molecule has 14 heteroatoms. The summed E-state index contributed by atoms with van der Waals surface area (Å²) in [6.45, 7) is 8.75. The highest BCUT2D eigenvalue weighted by Gasteiger charge is 2.39. The van der Waals surface area contributed by atoms with Gasteiger partial charge in [-0.05, 0) is 77.2 Å². The lowest BCUT2D eigenvalue weighted by atomic mass is 10.0. The van der Waals surface area contributed by atoms with Crippen LogP contribution in [0.5, 0.6) is 0 Å². The average molecular weight is 698 g/mol. The largest absolute Gasteiger partial charge is 0.458 e. The molecule has 0 spiro atoms. The van der Waals surface area contributed by atoms with E-state index in [4.69, 9.17) is 9.47 Å². The second-order valence-electron chi connectivity index (χ2n) is 13.9. The van der Waals surface area contributed by atoms with Gasteiger partial charge in [0.05, 0.1) is 19.2 Å². The number of ketones is 1. The van der Waals surface area contributed by atoms with Crippen LogP contribution in [0.3, 0.4) is 0 Å². The van der Waals surface area contributed by atoms with Crippen molar-refractivity contribution < 1.29 is 43.0 Å². The SMILES string of the molecule is CC(C)COC(=O)N[C@H]1CC/C=C/CCCC(C(=O)C(=O)NCC(=O)N[C@H](C(=O)OC(C)(C)C)c2ccccc2)NC(=O)[C@@H]2CCCN2C1=O. The zero-order valence-corrected chi connectivity index (χ0v) is 29.6. The quantitative estimate of drug-likeness (QED) is 0.162. The van der Waals surface area contributed by atoms with Gasteiger partial charge in [0.2, 0.25) is 23.5 Å². The molecule has 274 valence electrons. The first-order valence-corrected chi connectivity index (χ1v) is 17.2. The van der Waals surface area contributed by atoms with E-state index in [-0.39, 0.29) is 25.5 Å². The van der Waals surface area contributed by atoms with E-state index in [1.54, 1.807) is 51.1 Å². The summed E-state index contributed by atoms with van der Waals surface area (Å²) in [5, 5.41) is 10.2. The summed E-state index contributed by atoms with van der Waals surface area (Å²) in [6, 6.07) is 4.30. The molecule has 2 aliphatic heterocycles. The van der Waals surface area contributed by atoms with Crippen LogP contribution in [0, 0.1) is 5.92 Å². The molecule has 1 saturated heterocycles. The molecule has 4 atom stereocenters. The predicted octanol–water partition coefficient (Wildman–Crippen LogP) is 2.62. The average Bonchev–Trinajstić information content (AvgIpc) is 3.56. The summed E-state index contributed by atoms with van der Waals surface area (Å²) in [7, 11) is 0. The van der Waals surface area contributed by atoms with Crippen molar-refractivity contribution in [1.29, 1.82) is 0 Å². The van der Waals surface area contributed by atoms with Crippen LogP contribution in [0.4, 0.5) is 4.79 Å². The maximum Gasteiger partial charge on any atom is 0.407 e. The van der Waals surface area contributed by atoms with Crippen molar-refractivity contribution in [3.05, 3.63) is 48.0 Å². The van der Waals surface area contributed by atoms with Gasteiger partial charge in [-0.25, -0.2) is 9.59 Å². The molecule has 4 N–H and O–H groups in total. The van der Waals surface area contributed by atoms with Crippen LogP contribution < -0.4 is 21.3 Å². The molecule has 0 aliphatic carbocycles. The van der Waals surface area contributed by atoms with Crippen LogP contribution in [0.1, 0.15) is 91.2 Å². The third-order valence-corrected chi connectivity index (χ3v) is 7.98. The number of benzene rings is 1. The van der Waals surface area contributed by atoms with Gasteiger partial charge in [-0.15, -0.1) is 0 Å². The Bertz CT molecular complexity index is 1410. The first kappa shape index (κ1) is 39.7. The van der Waals surface area contributed by atoms with Crippen molar-refractivity contribution in [2.75, 3.05) is 19.7 Å². The topological polar surface area (TPSA) is 189 Å². The lowest BCUT2D eigenvalue weighted by molar-refractivity contribution is -0.158. The molecule has 1 aromatic rings. The molecular formula is C36H51N5O9. The van der Waals surface area contributed by atoms with Gasteiger partial charge in [-0.2, -0.15) is 0 Å². The molecule has 0 bridgehead atoms. The fourth-order valence-corrected chi connectivity index (χ4v) is 5.56. The van der Waals surface area contributed by atoms with E-state index in [1.165, 1.54) is 4.90 Å². The van der Waals surface area contributed by atoms with Gasteiger partial charge in [0.1, 0.15) is 17.7 Å². The highest BCUT2D eigenvalue weighted by atomic mass is 16.6. The molecule has 1 unspecified atom stereocenters. The number of carbonyl (C=O) groups is 7. The lowest BCUT2D eigenvalue weighted by Crippen LogP contribution is -2.56. The minimum atomic E-state index is -1.21. The second kappa shape index (κ2) is 18.9. The van der Waals surface area contributed by atoms with Gasteiger partial charge < -0.3 is 35.6 Å². The molecule has 1 aromatic carbocycles. The number of alkyl carbamates (subject to hydrolysis) is 1. The molecule has 50 heavy (non-hydrogen) atoms. The molecule has 0 aromatic heterocycles. The van der Waals surface area contributed by atoms with E-state index in [0.29, 0.717) is 44.1 Å². The normalized spacial score (nSPS) is 21.5. The number of amides is 5. The number of fused-ring (bicyclic) bond motifs is 1. The van der Waals surface area contributed by atoms with Crippen molar-refractivity contribution >= 4 is 41.5 Å². The Hall–Kier alpha value is -4.75. The summed E-state index contributed by atoms with van der Waals surface area (Å²) in [5.41, 5.74) is -0.342. The van der Waals surface area contributed by atoms with Crippen molar-refractivity contribution in [3.63, 3.8) is 0 Å². The minimum Gasteiger partial charge on any atom is -0.458 e. The van der Waals surface area contributed by atoms with E-state index in [1.807, 2.05) is 26.0 Å². The zero-order chi connectivity index (χ0) is 36.8. The number of Topliss-reactive ketones (excluding diaryl/α,β-unsaturated/α-hetero) is 1. The molecule has 5 amide bonds. The Balaban J connectivity index is 1.68. The Kier molecular flexibility index (Phi) is 15.0. The van der Waals surface area contributed by atoms with Crippen LogP contribution in [-0.4, -0.2) is 89.8 Å². The Morgan fingerprint density at radius 2 is 1.66 bits per heavy atom. The van der Waals surface area contributed by atoms with E-state index >= 15 is 0 Å². The van der Waals surface area contributed by atoms with Crippen molar-refractivity contribution in [2.24, 2.45) is 5.92 Å². The monoisotopic (exact) mass is 697 g/mol. The highest BCUT2D eigenvalue weighted by Crippen LogP contribution is 2.22. The van der Waals surface area contributed by atoms with Crippen LogP contribution in [0.2, 0.25) is 0 Å². The number of hydrogen-bond donors (Lipinski definition) is 4. The first-order chi connectivity index (χ1) is 23.7. The van der Waals surface area contributed by atoms with Crippen molar-refractivity contribution in [2.45, 2.75) is 109 Å². The van der Waals surface area contributed by atoms with Gasteiger partial charge in [0.15, 0.2) is 6.04 Å². The number of nitrogens with zero attached hydrogens (tertiary/aromatic N) is 1. The van der Waals surface area contributed by atoms with Crippen LogP contribution in [-0.2, 0) is 38.2 Å². The van der Waals surface area contributed by atoms with Gasteiger partial charge in [0, 0.05) is 6.54 Å². The highest BCUT2D eigenvalue weighted by molar-refractivity contribution is 6.38. The summed E-state index contributed by atoms with van der Waals surface area (Å²) < 4.78 is 10.7. The predicted molar refractivity (Wildman–Crippen MR) is 183 cm³/mol. The van der Waals surface area contributed by atoms with Gasteiger partial charge >= 0.3 is 12.1 Å². The number of esters is 1. The molecule has 2 heterocycles. The summed E-state index contributed by atoms with van der Waals surface area (Å²) in [6.07, 6.45) is 5.88. The molecule has 0 saturated carbocycles. The molecule has 2 aliphatic rings. The molecular weight excluding hydrogens is 646 g/mol. The van der Waals surface area contributed by atoms with Gasteiger partial charge in [-0.3, -0.25) is 24.0 Å². The second-order valence-corrected chi connectivity index (χ2v) is 13.9. The maximum atomic E-state index is 13.6. The number of carbonyl (C=O) groups excluding carboxylic acids is 7. The fraction of sp³-hybridized carbons (Fsp3) is 0.583. The van der Waals surface area contributed by atoms with Gasteiger partial charge in [0.25, 0.3) is 5.91 Å². The number of allylic oxidation sites excluding steroid dienone is 2. The van der Waals surface area contributed by atoms with E-state index in [2.05, 4.69) is 21.3 Å². The standard InChI is InChI=1S/C36H51N5O9/c1-23(2)22-49-35(48)39-26-18-13-8-6-7-12-17-25(38-31(44)27-19-14-20-41(27)33(26)46)30(43)32(45)37-21-28(42)40-29(24-15-10-9-11-16-24)34(47)50-36(3,4)5/h6,8-11,15-16,23,25-27,29H,7,12-14,17-22H2,1-5H3,(H,37,45)(H,38,44)(H,39,48)(H,40,42)/b8-6+/t25?,26-,27-,29-/m0/s1. The van der Waals surface area contributed by atoms with Crippen LogP contribution >= 0.6 is 0 Å².